The first-order chi connectivity index (χ1) is 15.5. The number of aliphatic hydroxyl groups is 1. The van der Waals surface area contributed by atoms with E-state index in [0.29, 0.717) is 11.7 Å². The molecule has 0 spiro atoms. The van der Waals surface area contributed by atoms with E-state index in [1.807, 2.05) is 24.4 Å². The Morgan fingerprint density at radius 3 is 2.62 bits per heavy atom. The Labute approximate surface area is 186 Å². The van der Waals surface area contributed by atoms with E-state index in [0.717, 1.165) is 59.1 Å². The van der Waals surface area contributed by atoms with Gasteiger partial charge in [0.25, 0.3) is 0 Å². The lowest BCUT2D eigenvalue weighted by Crippen LogP contribution is -2.17. The molecule has 0 saturated heterocycles. The van der Waals surface area contributed by atoms with Crippen LogP contribution < -0.4 is 0 Å². The Bertz CT molecular complexity index is 1310. The highest BCUT2D eigenvalue weighted by atomic mass is 16.3. The lowest BCUT2D eigenvalue weighted by Gasteiger charge is -2.17. The Morgan fingerprint density at radius 1 is 1.00 bits per heavy atom. The fourth-order valence-electron chi connectivity index (χ4n) is 4.46. The molecule has 1 fully saturated rings. The highest BCUT2D eigenvalue weighted by molar-refractivity contribution is 5.79. The van der Waals surface area contributed by atoms with Gasteiger partial charge in [-0.05, 0) is 63.4 Å². The van der Waals surface area contributed by atoms with Crippen molar-refractivity contribution in [2.45, 2.75) is 57.7 Å². The lowest BCUT2D eigenvalue weighted by molar-refractivity contribution is 0.0739. The van der Waals surface area contributed by atoms with E-state index < -0.39 is 5.60 Å². The van der Waals surface area contributed by atoms with Crippen LogP contribution in [0, 0.1) is 0 Å². The summed E-state index contributed by atoms with van der Waals surface area (Å²) in [6, 6.07) is 10.6. The van der Waals surface area contributed by atoms with Gasteiger partial charge < -0.3 is 9.67 Å². The lowest BCUT2D eigenvalue weighted by atomic mass is 10.0. The third-order valence-corrected chi connectivity index (χ3v) is 6.32. The number of fused-ring (bicyclic) bond motifs is 1. The van der Waals surface area contributed by atoms with E-state index in [1.165, 1.54) is 12.8 Å². The number of rotatable bonds is 5. The van der Waals surface area contributed by atoms with Crippen LogP contribution in [0.15, 0.2) is 48.9 Å². The molecule has 6 rings (SSSR count). The standard InChI is InChI=1S/C25H26N6O/c1-25(2,32)21-15-16(7-11-27-21)20-14-17(8-10-26-20)24-23(28-22-4-3-12-30(22)24)19-9-13-31(29-19)18-5-6-18/h7-11,13-15,18,32H,3-6,12H2,1-2H3. The number of hydrogen-bond donors (Lipinski definition) is 1. The molecule has 0 atom stereocenters. The minimum atomic E-state index is -1.01. The third kappa shape index (κ3) is 3.33. The van der Waals surface area contributed by atoms with Crippen LogP contribution in [0.4, 0.5) is 0 Å². The van der Waals surface area contributed by atoms with Crippen LogP contribution in [0.1, 0.15) is 50.7 Å². The second-order valence-corrected chi connectivity index (χ2v) is 9.31. The zero-order chi connectivity index (χ0) is 21.9. The maximum Gasteiger partial charge on any atom is 0.117 e. The Morgan fingerprint density at radius 2 is 1.81 bits per heavy atom. The average molecular weight is 427 g/mol. The van der Waals surface area contributed by atoms with Gasteiger partial charge in [0.2, 0.25) is 0 Å². The summed E-state index contributed by atoms with van der Waals surface area (Å²) in [6.07, 6.45) is 10.2. The van der Waals surface area contributed by atoms with Crippen molar-refractivity contribution in [3.05, 3.63) is 60.4 Å². The van der Waals surface area contributed by atoms with E-state index in [-0.39, 0.29) is 0 Å². The molecule has 4 aromatic heterocycles. The molecule has 0 amide bonds. The molecular formula is C25H26N6O. The molecule has 1 N–H and O–H groups in total. The van der Waals surface area contributed by atoms with Gasteiger partial charge in [0.1, 0.15) is 22.8 Å². The summed E-state index contributed by atoms with van der Waals surface area (Å²) < 4.78 is 4.41. The summed E-state index contributed by atoms with van der Waals surface area (Å²) in [5.74, 6) is 1.13. The average Bonchev–Trinajstić information content (AvgIpc) is 3.19. The Kier molecular flexibility index (Phi) is 4.30. The fourth-order valence-corrected chi connectivity index (χ4v) is 4.46. The van der Waals surface area contributed by atoms with Crippen molar-refractivity contribution >= 4 is 0 Å². The van der Waals surface area contributed by atoms with Gasteiger partial charge in [-0.1, -0.05) is 0 Å². The summed E-state index contributed by atoms with van der Waals surface area (Å²) >= 11 is 0. The zero-order valence-electron chi connectivity index (χ0n) is 18.4. The summed E-state index contributed by atoms with van der Waals surface area (Å²) in [4.78, 5) is 13.9. The maximum atomic E-state index is 10.4. The van der Waals surface area contributed by atoms with Gasteiger partial charge in [0.05, 0.1) is 23.1 Å². The van der Waals surface area contributed by atoms with E-state index in [1.54, 1.807) is 20.0 Å². The van der Waals surface area contributed by atoms with Gasteiger partial charge in [0.15, 0.2) is 0 Å². The van der Waals surface area contributed by atoms with Crippen LogP contribution in [0.3, 0.4) is 0 Å². The molecule has 0 radical (unpaired) electrons. The SMILES string of the molecule is CC(C)(O)c1cc(-c2cc(-c3c(-c4ccn(C5CC5)n4)nc4n3CCC4)ccn2)ccn1. The normalized spacial score (nSPS) is 15.8. The van der Waals surface area contributed by atoms with E-state index in [4.69, 9.17) is 10.1 Å². The molecule has 7 nitrogen and oxygen atoms in total. The molecule has 0 aromatic carbocycles. The van der Waals surface area contributed by atoms with Gasteiger partial charge in [-0.2, -0.15) is 5.10 Å². The Hall–Kier alpha value is -3.32. The van der Waals surface area contributed by atoms with E-state index in [2.05, 4.69) is 37.5 Å². The van der Waals surface area contributed by atoms with Gasteiger partial charge >= 0.3 is 0 Å². The minimum absolute atomic E-state index is 0.547. The van der Waals surface area contributed by atoms with Gasteiger partial charge in [-0.3, -0.25) is 14.6 Å². The van der Waals surface area contributed by atoms with Crippen LogP contribution in [0.2, 0.25) is 0 Å². The quantitative estimate of drug-likeness (QED) is 0.512. The van der Waals surface area contributed by atoms with Crippen molar-refractivity contribution in [2.75, 3.05) is 0 Å². The van der Waals surface area contributed by atoms with Crippen LogP contribution in [-0.4, -0.2) is 34.4 Å². The van der Waals surface area contributed by atoms with E-state index in [9.17, 15) is 5.11 Å². The maximum absolute atomic E-state index is 10.4. The minimum Gasteiger partial charge on any atom is -0.384 e. The molecule has 1 aliphatic heterocycles. The molecule has 32 heavy (non-hydrogen) atoms. The van der Waals surface area contributed by atoms with Crippen molar-refractivity contribution in [2.24, 2.45) is 0 Å². The van der Waals surface area contributed by atoms with Crippen LogP contribution in [-0.2, 0) is 18.6 Å². The van der Waals surface area contributed by atoms with Crippen molar-refractivity contribution in [3.63, 3.8) is 0 Å². The Balaban J connectivity index is 1.45. The molecule has 1 aliphatic carbocycles. The molecule has 4 aromatic rings. The van der Waals surface area contributed by atoms with Crippen molar-refractivity contribution in [1.29, 1.82) is 0 Å². The molecule has 5 heterocycles. The molecule has 7 heteroatoms. The first-order valence-electron chi connectivity index (χ1n) is 11.3. The van der Waals surface area contributed by atoms with Crippen molar-refractivity contribution < 1.29 is 5.11 Å². The van der Waals surface area contributed by atoms with Crippen LogP contribution in [0.25, 0.3) is 33.9 Å². The number of hydrogen-bond acceptors (Lipinski definition) is 5. The van der Waals surface area contributed by atoms with Gasteiger partial charge in [-0.25, -0.2) is 4.98 Å². The monoisotopic (exact) mass is 426 g/mol. The first kappa shape index (κ1) is 19.4. The largest absolute Gasteiger partial charge is 0.384 e. The number of aryl methyl sites for hydroxylation is 1. The van der Waals surface area contributed by atoms with Crippen molar-refractivity contribution in [1.82, 2.24) is 29.3 Å². The van der Waals surface area contributed by atoms with Crippen molar-refractivity contribution in [3.8, 4) is 33.9 Å². The fraction of sp³-hybridized carbons (Fsp3) is 0.360. The number of pyridine rings is 2. The van der Waals surface area contributed by atoms with E-state index >= 15 is 0 Å². The van der Waals surface area contributed by atoms with Crippen LogP contribution in [0.5, 0.6) is 0 Å². The summed E-state index contributed by atoms with van der Waals surface area (Å²) in [6.45, 7) is 4.45. The first-order valence-corrected chi connectivity index (χ1v) is 11.3. The molecule has 0 bridgehead atoms. The number of imidazole rings is 1. The predicted octanol–water partition coefficient (Wildman–Crippen LogP) is 4.38. The second kappa shape index (κ2) is 7.10. The second-order valence-electron chi connectivity index (χ2n) is 9.31. The molecule has 0 unspecified atom stereocenters. The highest BCUT2D eigenvalue weighted by Crippen LogP contribution is 2.38. The highest BCUT2D eigenvalue weighted by Gasteiger charge is 2.28. The number of aromatic nitrogens is 6. The summed E-state index contributed by atoms with van der Waals surface area (Å²) in [5.41, 5.74) is 5.46. The third-order valence-electron chi connectivity index (χ3n) is 6.32. The topological polar surface area (TPSA) is 81.6 Å². The summed E-state index contributed by atoms with van der Waals surface area (Å²) in [7, 11) is 0. The molecule has 2 aliphatic rings. The molecular weight excluding hydrogens is 400 g/mol. The smallest absolute Gasteiger partial charge is 0.117 e. The predicted molar refractivity (Wildman–Crippen MR) is 122 cm³/mol. The summed E-state index contributed by atoms with van der Waals surface area (Å²) in [5, 5.41) is 15.2. The molecule has 162 valence electrons. The number of nitrogens with zero attached hydrogens (tertiary/aromatic N) is 6. The molecule has 1 saturated carbocycles. The van der Waals surface area contributed by atoms with Gasteiger partial charge in [-0.15, -0.1) is 0 Å². The van der Waals surface area contributed by atoms with Gasteiger partial charge in [0, 0.05) is 42.7 Å². The zero-order valence-corrected chi connectivity index (χ0v) is 18.4. The van der Waals surface area contributed by atoms with Crippen LogP contribution >= 0.6 is 0 Å².